The maximum absolute atomic E-state index is 14.0. The smallest absolute Gasteiger partial charge is 0.305 e. The number of aromatic amines is 1. The number of nitrogens with zero attached hydrogens (tertiary/aromatic N) is 2. The Kier molecular flexibility index (Phi) is 7.06. The number of thiazole rings is 1. The fourth-order valence-corrected chi connectivity index (χ4v) is 11.1. The number of H-pyrrole nitrogens is 1. The van der Waals surface area contributed by atoms with Gasteiger partial charge in [0.15, 0.2) is 6.61 Å². The van der Waals surface area contributed by atoms with Gasteiger partial charge in [-0.25, -0.2) is 0 Å². The van der Waals surface area contributed by atoms with Crippen LogP contribution in [0.1, 0.15) is 28.3 Å². The molecule has 3 fully saturated rings. The fourth-order valence-electron chi connectivity index (χ4n) is 8.23. The first-order chi connectivity index (χ1) is 22.7. The number of aromatic nitrogens is 1. The van der Waals surface area contributed by atoms with Crippen molar-refractivity contribution in [3.05, 3.63) is 109 Å². The Morgan fingerprint density at radius 2 is 1.77 bits per heavy atom. The largest absolute Gasteiger partial charge is 0.484 e. The predicted molar refractivity (Wildman–Crippen MR) is 176 cm³/mol. The van der Waals surface area contributed by atoms with Gasteiger partial charge in [0.2, 0.25) is 11.8 Å². The molecule has 11 nitrogen and oxygen atoms in total. The number of ether oxygens (including phenoxy) is 1. The van der Waals surface area contributed by atoms with Gasteiger partial charge in [0.05, 0.1) is 27.5 Å². The normalized spacial score (nSPS) is 26.9. The highest BCUT2D eigenvalue weighted by Gasteiger charge is 2.69. The molecule has 1 saturated heterocycles. The van der Waals surface area contributed by atoms with Crippen molar-refractivity contribution in [1.29, 1.82) is 0 Å². The summed E-state index contributed by atoms with van der Waals surface area (Å²) in [6.07, 6.45) is 0.730. The summed E-state index contributed by atoms with van der Waals surface area (Å²) in [5, 5.41) is 14.8. The zero-order chi connectivity index (χ0) is 32.6. The number of nitro benzene ring substituents is 1. The first kappa shape index (κ1) is 29.6. The van der Waals surface area contributed by atoms with E-state index in [0.717, 1.165) is 27.5 Å². The summed E-state index contributed by atoms with van der Waals surface area (Å²) in [7, 11) is 0. The van der Waals surface area contributed by atoms with Crippen LogP contribution in [-0.2, 0) is 14.4 Å². The first-order valence-electron chi connectivity index (χ1n) is 15.3. The Morgan fingerprint density at radius 3 is 2.51 bits per heavy atom. The summed E-state index contributed by atoms with van der Waals surface area (Å²) < 4.78 is 5.92. The summed E-state index contributed by atoms with van der Waals surface area (Å²) in [4.78, 5) is 68.7. The van der Waals surface area contributed by atoms with Crippen molar-refractivity contribution in [1.82, 2.24) is 4.98 Å². The Labute approximate surface area is 276 Å². The number of rotatable bonds is 7. The van der Waals surface area contributed by atoms with Crippen molar-refractivity contribution in [2.24, 2.45) is 29.6 Å². The summed E-state index contributed by atoms with van der Waals surface area (Å²) in [5.74, 6) is -1.68. The lowest BCUT2D eigenvalue weighted by Crippen LogP contribution is -2.42. The van der Waals surface area contributed by atoms with Crippen LogP contribution in [0.2, 0.25) is 0 Å². The molecule has 3 amide bonds. The molecule has 4 aromatic rings. The topological polar surface area (TPSA) is 152 Å². The number of hydrogen-bond donors (Lipinski definition) is 2. The third kappa shape index (κ3) is 4.87. The average molecular weight is 669 g/mol. The molecule has 0 radical (unpaired) electrons. The number of imide groups is 1. The number of nitrogens with one attached hydrogen (secondary N) is 2. The molecule has 2 saturated carbocycles. The number of thioether (sulfide) groups is 1. The number of aryl methyl sites for hydroxylation is 1. The lowest BCUT2D eigenvalue weighted by atomic mass is 9.68. The number of benzene rings is 3. The van der Waals surface area contributed by atoms with E-state index in [1.807, 2.05) is 49.4 Å². The van der Waals surface area contributed by atoms with Crippen LogP contribution in [0.15, 0.2) is 82.6 Å². The zero-order valence-corrected chi connectivity index (χ0v) is 26.6. The number of carbonyl (C=O) groups excluding carboxylic acids is 3. The van der Waals surface area contributed by atoms with E-state index in [1.54, 1.807) is 17.8 Å². The van der Waals surface area contributed by atoms with Crippen molar-refractivity contribution in [3.63, 3.8) is 0 Å². The minimum Gasteiger partial charge on any atom is -0.484 e. The number of non-ortho nitro benzene ring substituents is 1. The lowest BCUT2D eigenvalue weighted by Gasteiger charge is -2.43. The molecule has 2 N–H and O–H groups in total. The lowest BCUT2D eigenvalue weighted by molar-refractivity contribution is -0.384. The van der Waals surface area contributed by atoms with E-state index in [2.05, 4.69) is 10.3 Å². The molecule has 2 bridgehead atoms. The van der Waals surface area contributed by atoms with Crippen LogP contribution < -0.4 is 19.8 Å². The quantitative estimate of drug-likeness (QED) is 0.152. The van der Waals surface area contributed by atoms with Gasteiger partial charge in [-0.15, -0.1) is 11.8 Å². The van der Waals surface area contributed by atoms with Crippen LogP contribution in [0.4, 0.5) is 17.1 Å². The molecule has 0 spiro atoms. The third-order valence-electron chi connectivity index (χ3n) is 9.93. The van der Waals surface area contributed by atoms with Gasteiger partial charge < -0.3 is 15.0 Å². The molecule has 4 aliphatic rings. The summed E-state index contributed by atoms with van der Waals surface area (Å²) >= 11 is 2.77. The minimum absolute atomic E-state index is 0.00208. The standard InChI is InChI=1S/C34H28N4O7S2/c1-16-4-2-6-18(12-16)35-24(39)15-45-21-7-3-5-17(13-21)25-26-22-14-23(29(26)46-31-30(25)47-34(42)36-31)28-27(22)32(40)37(33(28)41)19-8-10-20(11-9-19)38(43)44/h2-13,22-23,25-29H,14-15H2,1H3,(H,35,39)(H,36,42)/t22?,23?,25-,26?,27?,28?,29?/m1/s1. The molecule has 2 aliphatic carbocycles. The molecule has 13 heteroatoms. The SMILES string of the molecule is Cc1cccc(NC(=O)COc2cccc([C@H]3c4sc(=O)[nH]c4SC4C5CC(C6C(=O)N(c7ccc([N+](=O)[O-])cc7)C(=O)C56)C43)c2)c1. The highest BCUT2D eigenvalue weighted by molar-refractivity contribution is 8.00. The number of nitro groups is 1. The second-order valence-electron chi connectivity index (χ2n) is 12.5. The monoisotopic (exact) mass is 668 g/mol. The summed E-state index contributed by atoms with van der Waals surface area (Å²) in [6, 6.07) is 20.6. The maximum Gasteiger partial charge on any atom is 0.305 e. The molecular weight excluding hydrogens is 641 g/mol. The van der Waals surface area contributed by atoms with Crippen molar-refractivity contribution in [2.75, 3.05) is 16.8 Å². The molecule has 3 aromatic carbocycles. The molecule has 6 unspecified atom stereocenters. The summed E-state index contributed by atoms with van der Waals surface area (Å²) in [5.41, 5.74) is 2.86. The van der Waals surface area contributed by atoms with Crippen molar-refractivity contribution in [3.8, 4) is 5.75 Å². The number of amides is 3. The Morgan fingerprint density at radius 1 is 1.02 bits per heavy atom. The fraction of sp³-hybridized carbons (Fsp3) is 0.294. The Bertz CT molecular complexity index is 2020. The highest BCUT2D eigenvalue weighted by atomic mass is 32.2. The second kappa shape index (κ2) is 11.2. The molecule has 238 valence electrons. The van der Waals surface area contributed by atoms with Crippen LogP contribution in [0.25, 0.3) is 0 Å². The Hall–Kier alpha value is -4.75. The van der Waals surface area contributed by atoms with Crippen LogP contribution in [0, 0.1) is 46.6 Å². The average Bonchev–Trinajstić information content (AvgIpc) is 3.79. The zero-order valence-electron chi connectivity index (χ0n) is 25.0. The van der Waals surface area contributed by atoms with Crippen molar-refractivity contribution < 1.29 is 24.0 Å². The van der Waals surface area contributed by atoms with Gasteiger partial charge in [0.25, 0.3) is 11.6 Å². The maximum atomic E-state index is 14.0. The molecule has 3 heterocycles. The first-order valence-corrected chi connectivity index (χ1v) is 17.0. The molecule has 47 heavy (non-hydrogen) atoms. The van der Waals surface area contributed by atoms with Gasteiger partial charge in [-0.2, -0.15) is 0 Å². The van der Waals surface area contributed by atoms with E-state index in [-0.39, 0.29) is 63.8 Å². The number of fused-ring (bicyclic) bond motifs is 9. The predicted octanol–water partition coefficient (Wildman–Crippen LogP) is 5.35. The minimum atomic E-state index is -0.516. The van der Waals surface area contributed by atoms with Gasteiger partial charge in [0, 0.05) is 33.9 Å². The molecule has 8 rings (SSSR count). The van der Waals surface area contributed by atoms with Crippen molar-refractivity contribution in [2.45, 2.75) is 29.5 Å². The molecule has 7 atom stereocenters. The number of carbonyl (C=O) groups is 3. The van der Waals surface area contributed by atoms with E-state index < -0.39 is 16.8 Å². The van der Waals surface area contributed by atoms with E-state index in [4.69, 9.17) is 4.74 Å². The van der Waals surface area contributed by atoms with Crippen LogP contribution in [0.3, 0.4) is 0 Å². The van der Waals surface area contributed by atoms with E-state index in [1.165, 1.54) is 40.5 Å². The van der Waals surface area contributed by atoms with Crippen molar-refractivity contribution >= 4 is 57.9 Å². The van der Waals surface area contributed by atoms with Crippen LogP contribution >= 0.6 is 23.1 Å². The van der Waals surface area contributed by atoms with E-state index >= 15 is 0 Å². The van der Waals surface area contributed by atoms with Gasteiger partial charge >= 0.3 is 4.87 Å². The van der Waals surface area contributed by atoms with E-state index in [0.29, 0.717) is 17.1 Å². The second-order valence-corrected chi connectivity index (χ2v) is 14.7. The van der Waals surface area contributed by atoms with Gasteiger partial charge in [-0.3, -0.25) is 34.2 Å². The third-order valence-corrected chi connectivity index (χ3v) is 12.5. The van der Waals surface area contributed by atoms with Crippen LogP contribution in [-0.4, -0.2) is 39.5 Å². The molecule has 1 aromatic heterocycles. The van der Waals surface area contributed by atoms with Gasteiger partial charge in [0.1, 0.15) is 5.75 Å². The van der Waals surface area contributed by atoms with Crippen LogP contribution in [0.5, 0.6) is 5.75 Å². The molecule has 2 aliphatic heterocycles. The number of anilines is 2. The molecular formula is C34H28N4O7S2. The highest BCUT2D eigenvalue weighted by Crippen LogP contribution is 2.68. The van der Waals surface area contributed by atoms with Gasteiger partial charge in [-0.05, 0) is 78.6 Å². The summed E-state index contributed by atoms with van der Waals surface area (Å²) in [6.45, 7) is 1.76. The van der Waals surface area contributed by atoms with Gasteiger partial charge in [-0.1, -0.05) is 35.6 Å². The number of hydrogen-bond acceptors (Lipinski definition) is 9. The van der Waals surface area contributed by atoms with E-state index in [9.17, 15) is 29.3 Å². The Balaban J connectivity index is 1.08.